The molecule has 1 aromatic carbocycles. The van der Waals surface area contributed by atoms with Gasteiger partial charge in [-0.15, -0.1) is 5.10 Å². The molecule has 112 valence electrons. The summed E-state index contributed by atoms with van der Waals surface area (Å²) in [5.41, 5.74) is 0.492. The van der Waals surface area contributed by atoms with E-state index < -0.39 is 0 Å². The third kappa shape index (κ3) is 3.29. The number of aromatic amines is 1. The van der Waals surface area contributed by atoms with Gasteiger partial charge in [-0.2, -0.15) is 4.68 Å². The highest BCUT2D eigenvalue weighted by molar-refractivity contribution is 7.98. The number of thioether (sulfide) groups is 1. The van der Waals surface area contributed by atoms with Crippen molar-refractivity contribution in [1.29, 1.82) is 0 Å². The van der Waals surface area contributed by atoms with E-state index in [2.05, 4.69) is 25.5 Å². The fourth-order valence-corrected chi connectivity index (χ4v) is 2.72. The van der Waals surface area contributed by atoms with E-state index in [9.17, 15) is 4.79 Å². The second-order valence-corrected chi connectivity index (χ2v) is 5.91. The Morgan fingerprint density at radius 3 is 2.86 bits per heavy atom. The molecule has 2 heterocycles. The summed E-state index contributed by atoms with van der Waals surface area (Å²) in [4.78, 5) is 17.9. The van der Waals surface area contributed by atoms with Crippen molar-refractivity contribution in [3.63, 3.8) is 0 Å². The summed E-state index contributed by atoms with van der Waals surface area (Å²) in [6.45, 7) is 0. The Labute approximate surface area is 138 Å². The lowest BCUT2D eigenvalue weighted by atomic mass is 10.3. The minimum absolute atomic E-state index is 0.207. The van der Waals surface area contributed by atoms with Gasteiger partial charge in [0.15, 0.2) is 11.0 Å². The molecule has 2 aromatic heterocycles. The summed E-state index contributed by atoms with van der Waals surface area (Å²) in [5, 5.41) is 12.9. The number of tetrazole rings is 1. The maximum absolute atomic E-state index is 11.2. The van der Waals surface area contributed by atoms with E-state index in [0.717, 1.165) is 0 Å². The van der Waals surface area contributed by atoms with Crippen LogP contribution in [0.15, 0.2) is 40.4 Å². The molecule has 1 N–H and O–H groups in total. The third-order valence-corrected chi connectivity index (χ3v) is 4.29. The number of hydrogen-bond acceptors (Lipinski definition) is 6. The van der Waals surface area contributed by atoms with Gasteiger partial charge in [0.05, 0.1) is 21.5 Å². The molecule has 3 aromatic rings. The highest BCUT2D eigenvalue weighted by Crippen LogP contribution is 2.25. The van der Waals surface area contributed by atoms with Crippen LogP contribution in [0.25, 0.3) is 5.69 Å². The summed E-state index contributed by atoms with van der Waals surface area (Å²) in [6, 6.07) is 6.47. The molecule has 0 unspecified atom stereocenters. The van der Waals surface area contributed by atoms with Crippen LogP contribution in [0.3, 0.4) is 0 Å². The van der Waals surface area contributed by atoms with Crippen molar-refractivity contribution >= 4 is 35.0 Å². The van der Waals surface area contributed by atoms with Gasteiger partial charge in [0.1, 0.15) is 0 Å². The van der Waals surface area contributed by atoms with Gasteiger partial charge in [0.2, 0.25) is 0 Å². The molecule has 0 aliphatic carbocycles. The summed E-state index contributed by atoms with van der Waals surface area (Å²) in [5.74, 6) is 1.02. The monoisotopic (exact) mass is 354 g/mol. The first kappa shape index (κ1) is 15.0. The molecule has 0 saturated carbocycles. The molecular formula is C12H8Cl2N6OS. The van der Waals surface area contributed by atoms with Crippen LogP contribution in [0.4, 0.5) is 0 Å². The molecule has 0 radical (unpaired) electrons. The molecule has 7 nitrogen and oxygen atoms in total. The zero-order valence-corrected chi connectivity index (χ0v) is 13.2. The predicted octanol–water partition coefficient (Wildman–Crippen LogP) is 2.34. The Hall–Kier alpha value is -1.90. The van der Waals surface area contributed by atoms with Crippen molar-refractivity contribution in [2.45, 2.75) is 10.9 Å². The van der Waals surface area contributed by atoms with Crippen molar-refractivity contribution in [1.82, 2.24) is 30.2 Å². The lowest BCUT2D eigenvalue weighted by molar-refractivity contribution is 0.777. The number of hydrogen-bond donors (Lipinski definition) is 1. The minimum Gasteiger partial charge on any atom is -0.301 e. The van der Waals surface area contributed by atoms with E-state index in [1.54, 1.807) is 22.9 Å². The van der Waals surface area contributed by atoms with Gasteiger partial charge in [-0.1, -0.05) is 35.0 Å². The number of benzene rings is 1. The maximum atomic E-state index is 11.2. The number of aromatic nitrogens is 6. The van der Waals surface area contributed by atoms with Crippen LogP contribution >= 0.6 is 35.0 Å². The number of H-pyrrole nitrogens is 1. The van der Waals surface area contributed by atoms with Crippen molar-refractivity contribution in [2.75, 3.05) is 0 Å². The van der Waals surface area contributed by atoms with Crippen molar-refractivity contribution in [2.24, 2.45) is 0 Å². The molecule has 0 spiro atoms. The van der Waals surface area contributed by atoms with E-state index in [1.807, 2.05) is 0 Å². The molecule has 3 rings (SSSR count). The minimum atomic E-state index is -0.207. The summed E-state index contributed by atoms with van der Waals surface area (Å²) in [7, 11) is 0. The molecule has 10 heteroatoms. The van der Waals surface area contributed by atoms with Gasteiger partial charge in [0, 0.05) is 12.3 Å². The Kier molecular flexibility index (Phi) is 4.41. The molecule has 0 aliphatic heterocycles. The third-order valence-electron chi connectivity index (χ3n) is 2.67. The van der Waals surface area contributed by atoms with Crippen molar-refractivity contribution in [3.8, 4) is 5.69 Å². The number of nitrogens with zero attached hydrogens (tertiary/aromatic N) is 5. The molecule has 0 atom stereocenters. The number of rotatable bonds is 4. The number of halogens is 2. The van der Waals surface area contributed by atoms with Gasteiger partial charge in [-0.05, 0) is 28.6 Å². The standard InChI is InChI=1S/C12H8Cl2N6OS/c13-8-2-1-7(5-9(8)14)20-10(17-18-19-20)6-22-12-15-4-3-11(21)16-12/h1-5H,6H2,(H,15,16,21). The second kappa shape index (κ2) is 6.47. The Bertz CT molecular complexity index is 865. The summed E-state index contributed by atoms with van der Waals surface area (Å²) < 4.78 is 1.55. The average molecular weight is 355 g/mol. The van der Waals surface area contributed by atoms with E-state index in [4.69, 9.17) is 23.2 Å². The van der Waals surface area contributed by atoms with E-state index >= 15 is 0 Å². The quantitative estimate of drug-likeness (QED) is 0.571. The fourth-order valence-electron chi connectivity index (χ4n) is 1.67. The zero-order chi connectivity index (χ0) is 15.5. The van der Waals surface area contributed by atoms with Crippen LogP contribution in [0.2, 0.25) is 10.0 Å². The smallest absolute Gasteiger partial charge is 0.251 e. The van der Waals surface area contributed by atoms with Crippen LogP contribution in [0.5, 0.6) is 0 Å². The van der Waals surface area contributed by atoms with Crippen LogP contribution < -0.4 is 5.56 Å². The Morgan fingerprint density at radius 2 is 2.09 bits per heavy atom. The van der Waals surface area contributed by atoms with Crippen molar-refractivity contribution < 1.29 is 0 Å². The lowest BCUT2D eigenvalue weighted by Gasteiger charge is -2.05. The van der Waals surface area contributed by atoms with Gasteiger partial charge in [-0.25, -0.2) is 4.98 Å². The van der Waals surface area contributed by atoms with Gasteiger partial charge >= 0.3 is 0 Å². The molecular weight excluding hydrogens is 347 g/mol. The molecule has 0 aliphatic rings. The molecule has 0 saturated heterocycles. The SMILES string of the molecule is O=c1ccnc(SCc2nnnn2-c2ccc(Cl)c(Cl)c2)[nH]1. The average Bonchev–Trinajstić information content (AvgIpc) is 2.96. The van der Waals surface area contributed by atoms with Gasteiger partial charge in [-0.3, -0.25) is 4.79 Å². The predicted molar refractivity (Wildman–Crippen MR) is 83.6 cm³/mol. The normalized spacial score (nSPS) is 10.8. The molecule has 0 amide bonds. The van der Waals surface area contributed by atoms with Gasteiger partial charge in [0.25, 0.3) is 5.56 Å². The van der Waals surface area contributed by atoms with E-state index in [1.165, 1.54) is 24.0 Å². The topological polar surface area (TPSA) is 89.3 Å². The Morgan fingerprint density at radius 1 is 1.23 bits per heavy atom. The van der Waals surface area contributed by atoms with Crippen LogP contribution in [-0.2, 0) is 5.75 Å². The zero-order valence-electron chi connectivity index (χ0n) is 10.9. The fraction of sp³-hybridized carbons (Fsp3) is 0.0833. The lowest BCUT2D eigenvalue weighted by Crippen LogP contribution is -2.06. The van der Waals surface area contributed by atoms with Gasteiger partial charge < -0.3 is 4.98 Å². The van der Waals surface area contributed by atoms with Crippen LogP contribution in [0, 0.1) is 0 Å². The van der Waals surface area contributed by atoms with Crippen LogP contribution in [0.1, 0.15) is 5.82 Å². The molecule has 0 fully saturated rings. The maximum Gasteiger partial charge on any atom is 0.251 e. The number of nitrogens with one attached hydrogen (secondary N) is 1. The molecule has 0 bridgehead atoms. The second-order valence-electron chi connectivity index (χ2n) is 4.13. The largest absolute Gasteiger partial charge is 0.301 e. The van der Waals surface area contributed by atoms with E-state index in [0.29, 0.717) is 32.5 Å². The Balaban J connectivity index is 1.83. The summed E-state index contributed by atoms with van der Waals surface area (Å²) >= 11 is 13.2. The highest BCUT2D eigenvalue weighted by Gasteiger charge is 2.11. The summed E-state index contributed by atoms with van der Waals surface area (Å²) in [6.07, 6.45) is 1.45. The first-order valence-electron chi connectivity index (χ1n) is 6.04. The first-order valence-corrected chi connectivity index (χ1v) is 7.78. The van der Waals surface area contributed by atoms with Crippen molar-refractivity contribution in [3.05, 3.63) is 56.7 Å². The highest BCUT2D eigenvalue weighted by atomic mass is 35.5. The van der Waals surface area contributed by atoms with E-state index in [-0.39, 0.29) is 5.56 Å². The molecule has 22 heavy (non-hydrogen) atoms. The first-order chi connectivity index (χ1) is 10.6. The van der Waals surface area contributed by atoms with Crippen LogP contribution in [-0.4, -0.2) is 30.2 Å².